The summed E-state index contributed by atoms with van der Waals surface area (Å²) < 4.78 is 42.1. The first-order valence-corrected chi connectivity index (χ1v) is 5.34. The molecule has 0 aliphatic carbocycles. The molecule has 0 unspecified atom stereocenters. The summed E-state index contributed by atoms with van der Waals surface area (Å²) in [6, 6.07) is 4.54. The molecule has 1 aromatic carbocycles. The topological polar surface area (TPSA) is 36.3 Å². The summed E-state index contributed by atoms with van der Waals surface area (Å²) >= 11 is 0. The Labute approximate surface area is 103 Å². The molecule has 0 radical (unpaired) electrons. The number of benzene rings is 1. The van der Waals surface area contributed by atoms with Crippen LogP contribution in [0.1, 0.15) is 12.0 Å². The van der Waals surface area contributed by atoms with Crippen molar-refractivity contribution in [2.45, 2.75) is 12.6 Å². The largest absolute Gasteiger partial charge is 0.494 e. The summed E-state index contributed by atoms with van der Waals surface area (Å²) in [5.74, 6) is 0.391. The Morgan fingerprint density at radius 1 is 1.28 bits per heavy atom. The van der Waals surface area contributed by atoms with Gasteiger partial charge in [-0.2, -0.15) is 18.4 Å². The van der Waals surface area contributed by atoms with E-state index in [1.165, 1.54) is 17.0 Å². The molecule has 18 heavy (non-hydrogen) atoms. The average Bonchev–Trinajstić information content (AvgIpc) is 2.33. The van der Waals surface area contributed by atoms with Crippen LogP contribution in [-0.4, -0.2) is 25.1 Å². The Hall–Kier alpha value is -1.90. The van der Waals surface area contributed by atoms with Crippen LogP contribution < -0.4 is 4.74 Å². The van der Waals surface area contributed by atoms with Crippen molar-refractivity contribution in [1.82, 2.24) is 4.90 Å². The molecule has 0 bridgehead atoms. The van der Waals surface area contributed by atoms with Gasteiger partial charge in [0.1, 0.15) is 5.75 Å². The second kappa shape index (κ2) is 6.15. The predicted octanol–water partition coefficient (Wildman–Crippen LogP) is 2.89. The van der Waals surface area contributed by atoms with Gasteiger partial charge in [-0.3, -0.25) is 0 Å². The van der Waals surface area contributed by atoms with Gasteiger partial charge < -0.3 is 9.64 Å². The molecule has 0 amide bonds. The zero-order valence-electron chi connectivity index (χ0n) is 9.87. The first-order chi connectivity index (χ1) is 8.43. The van der Waals surface area contributed by atoms with E-state index in [-0.39, 0.29) is 0 Å². The van der Waals surface area contributed by atoms with Crippen LogP contribution in [0.4, 0.5) is 13.2 Å². The third-order valence-electron chi connectivity index (χ3n) is 2.26. The summed E-state index contributed by atoms with van der Waals surface area (Å²) in [6.07, 6.45) is -1.75. The minimum absolute atomic E-state index is 0.359. The third kappa shape index (κ3) is 4.53. The van der Waals surface area contributed by atoms with Gasteiger partial charge in [-0.1, -0.05) is 0 Å². The number of halogens is 3. The number of hydrogen-bond donors (Lipinski definition) is 0. The number of nitriles is 1. The van der Waals surface area contributed by atoms with E-state index >= 15 is 0 Å². The lowest BCUT2D eigenvalue weighted by atomic mass is 10.2. The van der Waals surface area contributed by atoms with E-state index in [1.54, 1.807) is 7.05 Å². The lowest BCUT2D eigenvalue weighted by molar-refractivity contribution is -0.137. The van der Waals surface area contributed by atoms with Crippen molar-refractivity contribution in [2.75, 3.05) is 20.2 Å². The smallest absolute Gasteiger partial charge is 0.416 e. The minimum atomic E-state index is -4.33. The normalized spacial score (nSPS) is 10.8. The lowest BCUT2D eigenvalue weighted by Crippen LogP contribution is -2.15. The SMILES string of the molecule is CN(C#N)CCCOc1ccc(C(F)(F)F)cc1. The van der Waals surface area contributed by atoms with E-state index in [2.05, 4.69) is 0 Å². The van der Waals surface area contributed by atoms with Gasteiger partial charge in [0.05, 0.1) is 12.2 Å². The summed E-state index contributed by atoms with van der Waals surface area (Å²) in [6.45, 7) is 0.911. The predicted molar refractivity (Wildman–Crippen MR) is 59.8 cm³/mol. The standard InChI is InChI=1S/C12H13F3N2O/c1-17(9-16)7-2-8-18-11-5-3-10(4-6-11)12(13,14)15/h3-6H,2,7-8H2,1H3. The molecule has 1 aromatic rings. The molecule has 0 spiro atoms. The molecule has 6 heteroatoms. The highest BCUT2D eigenvalue weighted by Gasteiger charge is 2.29. The Balaban J connectivity index is 2.39. The van der Waals surface area contributed by atoms with Crippen molar-refractivity contribution in [3.05, 3.63) is 29.8 Å². The van der Waals surface area contributed by atoms with Crippen LogP contribution in [-0.2, 0) is 6.18 Å². The van der Waals surface area contributed by atoms with Crippen molar-refractivity contribution in [1.29, 1.82) is 5.26 Å². The highest BCUT2D eigenvalue weighted by atomic mass is 19.4. The van der Waals surface area contributed by atoms with Gasteiger partial charge in [-0.05, 0) is 30.7 Å². The van der Waals surface area contributed by atoms with Crippen LogP contribution in [0.5, 0.6) is 5.75 Å². The van der Waals surface area contributed by atoms with Crippen LogP contribution >= 0.6 is 0 Å². The summed E-state index contributed by atoms with van der Waals surface area (Å²) in [5.41, 5.74) is -0.695. The van der Waals surface area contributed by atoms with Gasteiger partial charge in [-0.15, -0.1) is 0 Å². The minimum Gasteiger partial charge on any atom is -0.494 e. The number of nitrogens with zero attached hydrogens (tertiary/aromatic N) is 2. The number of hydrogen-bond acceptors (Lipinski definition) is 3. The molecule has 0 aromatic heterocycles. The highest BCUT2D eigenvalue weighted by Crippen LogP contribution is 2.30. The first kappa shape index (κ1) is 14.2. The van der Waals surface area contributed by atoms with Gasteiger partial charge in [-0.25, -0.2) is 0 Å². The fraction of sp³-hybridized carbons (Fsp3) is 0.417. The summed E-state index contributed by atoms with van der Waals surface area (Å²) in [7, 11) is 1.65. The van der Waals surface area contributed by atoms with Crippen LogP contribution in [0.3, 0.4) is 0 Å². The maximum Gasteiger partial charge on any atom is 0.416 e. The van der Waals surface area contributed by atoms with Crippen molar-refractivity contribution in [3.8, 4) is 11.9 Å². The number of rotatable bonds is 5. The fourth-order valence-corrected chi connectivity index (χ4v) is 1.28. The zero-order chi connectivity index (χ0) is 13.6. The number of ether oxygens (including phenoxy) is 1. The molecule has 1 rings (SSSR count). The van der Waals surface area contributed by atoms with E-state index in [4.69, 9.17) is 10.00 Å². The molecule has 0 saturated heterocycles. The van der Waals surface area contributed by atoms with Crippen molar-refractivity contribution < 1.29 is 17.9 Å². The maximum atomic E-state index is 12.3. The first-order valence-electron chi connectivity index (χ1n) is 5.34. The Kier molecular flexibility index (Phi) is 4.84. The Morgan fingerprint density at radius 2 is 1.89 bits per heavy atom. The maximum absolute atomic E-state index is 12.3. The summed E-state index contributed by atoms with van der Waals surface area (Å²) in [4.78, 5) is 1.45. The lowest BCUT2D eigenvalue weighted by Gasteiger charge is -2.10. The third-order valence-corrected chi connectivity index (χ3v) is 2.26. The summed E-state index contributed by atoms with van der Waals surface area (Å²) in [5, 5.41) is 8.49. The molecule has 0 saturated carbocycles. The van der Waals surface area contributed by atoms with Crippen LogP contribution in [0.15, 0.2) is 24.3 Å². The molecule has 3 nitrogen and oxygen atoms in total. The van der Waals surface area contributed by atoms with E-state index in [9.17, 15) is 13.2 Å². The Bertz CT molecular complexity index is 409. The molecular weight excluding hydrogens is 245 g/mol. The van der Waals surface area contributed by atoms with Gasteiger partial charge in [0.2, 0.25) is 0 Å². The van der Waals surface area contributed by atoms with E-state index in [0.717, 1.165) is 12.1 Å². The van der Waals surface area contributed by atoms with Gasteiger partial charge in [0, 0.05) is 13.6 Å². The quantitative estimate of drug-likeness (QED) is 0.463. The van der Waals surface area contributed by atoms with E-state index < -0.39 is 11.7 Å². The van der Waals surface area contributed by atoms with Crippen molar-refractivity contribution in [3.63, 3.8) is 0 Å². The van der Waals surface area contributed by atoms with Gasteiger partial charge in [0.15, 0.2) is 6.19 Å². The highest BCUT2D eigenvalue weighted by molar-refractivity contribution is 5.28. The molecule has 0 atom stereocenters. The molecule has 0 N–H and O–H groups in total. The molecule has 0 aliphatic rings. The Morgan fingerprint density at radius 3 is 2.39 bits per heavy atom. The molecule has 0 heterocycles. The zero-order valence-corrected chi connectivity index (χ0v) is 9.87. The molecule has 98 valence electrons. The van der Waals surface area contributed by atoms with Crippen LogP contribution in [0.25, 0.3) is 0 Å². The monoisotopic (exact) mass is 258 g/mol. The molecule has 0 fully saturated rings. The van der Waals surface area contributed by atoms with Gasteiger partial charge in [0.25, 0.3) is 0 Å². The van der Waals surface area contributed by atoms with Crippen LogP contribution in [0, 0.1) is 11.5 Å². The van der Waals surface area contributed by atoms with Crippen LogP contribution in [0.2, 0.25) is 0 Å². The van der Waals surface area contributed by atoms with Crippen molar-refractivity contribution >= 4 is 0 Å². The van der Waals surface area contributed by atoms with E-state index in [1.807, 2.05) is 6.19 Å². The second-order valence-corrected chi connectivity index (χ2v) is 3.75. The fourth-order valence-electron chi connectivity index (χ4n) is 1.28. The van der Waals surface area contributed by atoms with Gasteiger partial charge >= 0.3 is 6.18 Å². The molecule has 0 aliphatic heterocycles. The average molecular weight is 258 g/mol. The second-order valence-electron chi connectivity index (χ2n) is 3.75. The van der Waals surface area contributed by atoms with E-state index in [0.29, 0.717) is 25.3 Å². The number of alkyl halides is 3. The molecular formula is C12H13F3N2O. The van der Waals surface area contributed by atoms with Crippen molar-refractivity contribution in [2.24, 2.45) is 0 Å².